The third-order valence-corrected chi connectivity index (χ3v) is 4.22. The van der Waals surface area contributed by atoms with Gasteiger partial charge in [0.2, 0.25) is 0 Å². The average molecular weight is 274 g/mol. The fourth-order valence-corrected chi connectivity index (χ4v) is 2.89. The van der Waals surface area contributed by atoms with Gasteiger partial charge in [-0.15, -0.1) is 11.3 Å². The zero-order chi connectivity index (χ0) is 13.1. The van der Waals surface area contributed by atoms with E-state index >= 15 is 0 Å². The summed E-state index contributed by atoms with van der Waals surface area (Å²) >= 11 is 7.93. The summed E-state index contributed by atoms with van der Waals surface area (Å²) in [6, 6.07) is 12.0. The topological polar surface area (TPSA) is 23.8 Å². The molecule has 0 unspecified atom stereocenters. The maximum atomic E-state index is 9.30. The number of hydrogen-bond acceptors (Lipinski definition) is 2. The molecule has 1 heterocycles. The lowest BCUT2D eigenvalue weighted by Crippen LogP contribution is -1.90. The van der Waals surface area contributed by atoms with Crippen molar-refractivity contribution < 1.29 is 0 Å². The first kappa shape index (κ1) is 12.9. The summed E-state index contributed by atoms with van der Waals surface area (Å²) in [6.45, 7) is 4.07. The summed E-state index contributed by atoms with van der Waals surface area (Å²) in [5.41, 5.74) is 3.77. The Morgan fingerprint density at radius 3 is 2.61 bits per heavy atom. The van der Waals surface area contributed by atoms with Crippen molar-refractivity contribution in [3.63, 3.8) is 0 Å². The van der Waals surface area contributed by atoms with E-state index in [0.29, 0.717) is 10.6 Å². The van der Waals surface area contributed by atoms with Gasteiger partial charge in [-0.1, -0.05) is 35.9 Å². The fourth-order valence-electron chi connectivity index (χ4n) is 1.76. The number of nitriles is 1. The van der Waals surface area contributed by atoms with Crippen LogP contribution in [0.3, 0.4) is 0 Å². The second-order valence-corrected chi connectivity index (χ2v) is 5.35. The van der Waals surface area contributed by atoms with Crippen molar-refractivity contribution in [1.29, 1.82) is 5.26 Å². The van der Waals surface area contributed by atoms with E-state index in [1.165, 1.54) is 16.9 Å². The van der Waals surface area contributed by atoms with E-state index in [1.54, 1.807) is 0 Å². The first-order valence-corrected chi connectivity index (χ1v) is 6.81. The maximum absolute atomic E-state index is 9.30. The van der Waals surface area contributed by atoms with Crippen molar-refractivity contribution in [3.05, 3.63) is 57.3 Å². The highest BCUT2D eigenvalue weighted by Crippen LogP contribution is 2.33. The lowest BCUT2D eigenvalue weighted by atomic mass is 10.0. The summed E-state index contributed by atoms with van der Waals surface area (Å²) in [4.78, 5) is 0.906. The summed E-state index contributed by atoms with van der Waals surface area (Å²) in [6.07, 6.45) is 0. The monoisotopic (exact) mass is 273 g/mol. The van der Waals surface area contributed by atoms with Crippen LogP contribution in [0.5, 0.6) is 0 Å². The molecule has 0 amide bonds. The molecule has 1 aromatic heterocycles. The quantitative estimate of drug-likeness (QED) is 0.707. The van der Waals surface area contributed by atoms with Crippen LogP contribution in [0, 0.1) is 25.2 Å². The smallest absolute Gasteiger partial charge is 0.102 e. The van der Waals surface area contributed by atoms with Crippen molar-refractivity contribution in [2.45, 2.75) is 13.8 Å². The minimum absolute atomic E-state index is 0.529. The van der Waals surface area contributed by atoms with E-state index in [0.717, 1.165) is 16.0 Å². The van der Waals surface area contributed by atoms with Gasteiger partial charge in [-0.2, -0.15) is 5.26 Å². The standard InChI is InChI=1S/C15H12ClNS/c1-10-5-3-6-12(11(10)2)15(16)13(9-17)14-7-4-8-18-14/h3-8H,1-2H3/b15-13+. The molecule has 0 spiro atoms. The summed E-state index contributed by atoms with van der Waals surface area (Å²) < 4.78 is 0. The number of aryl methyl sites for hydroxylation is 1. The second-order valence-electron chi connectivity index (χ2n) is 4.03. The van der Waals surface area contributed by atoms with Crippen LogP contribution in [0.1, 0.15) is 21.6 Å². The molecule has 90 valence electrons. The van der Waals surface area contributed by atoms with Crippen molar-refractivity contribution in [2.75, 3.05) is 0 Å². The summed E-state index contributed by atoms with van der Waals surface area (Å²) in [5, 5.41) is 11.8. The molecule has 0 saturated heterocycles. The van der Waals surface area contributed by atoms with Gasteiger partial charge in [0.1, 0.15) is 6.07 Å². The zero-order valence-corrected chi connectivity index (χ0v) is 11.8. The third-order valence-electron chi connectivity index (χ3n) is 2.94. The van der Waals surface area contributed by atoms with E-state index in [9.17, 15) is 5.26 Å². The van der Waals surface area contributed by atoms with Gasteiger partial charge in [0, 0.05) is 4.88 Å². The Kier molecular flexibility index (Phi) is 3.86. The van der Waals surface area contributed by atoms with Gasteiger partial charge < -0.3 is 0 Å². The molecule has 18 heavy (non-hydrogen) atoms. The molecule has 0 aliphatic heterocycles. The van der Waals surface area contributed by atoms with Gasteiger partial charge in [0.25, 0.3) is 0 Å². The normalized spacial score (nSPS) is 11.9. The zero-order valence-electron chi connectivity index (χ0n) is 10.2. The average Bonchev–Trinajstić information content (AvgIpc) is 2.87. The SMILES string of the molecule is Cc1cccc(/C(Cl)=C(/C#N)c2cccs2)c1C. The van der Waals surface area contributed by atoms with E-state index in [2.05, 4.69) is 6.07 Å². The van der Waals surface area contributed by atoms with Crippen molar-refractivity contribution in [2.24, 2.45) is 0 Å². The Balaban J connectivity index is 2.62. The number of rotatable bonds is 2. The van der Waals surface area contributed by atoms with Gasteiger partial charge in [-0.05, 0) is 42.0 Å². The second kappa shape index (κ2) is 5.39. The van der Waals surface area contributed by atoms with Gasteiger partial charge in [0.15, 0.2) is 0 Å². The van der Waals surface area contributed by atoms with E-state index in [1.807, 2.05) is 49.6 Å². The number of allylic oxidation sites excluding steroid dienone is 1. The highest BCUT2D eigenvalue weighted by atomic mass is 35.5. The van der Waals surface area contributed by atoms with Crippen molar-refractivity contribution in [3.8, 4) is 6.07 Å². The summed E-state index contributed by atoms with van der Waals surface area (Å²) in [7, 11) is 0. The number of nitrogens with zero attached hydrogens (tertiary/aromatic N) is 1. The molecule has 1 nitrogen and oxygen atoms in total. The number of hydrogen-bond donors (Lipinski definition) is 0. The first-order valence-electron chi connectivity index (χ1n) is 5.55. The van der Waals surface area contributed by atoms with Gasteiger partial charge >= 0.3 is 0 Å². The highest BCUT2D eigenvalue weighted by Gasteiger charge is 2.12. The Hall–Kier alpha value is -1.56. The van der Waals surface area contributed by atoms with E-state index in [-0.39, 0.29) is 0 Å². The number of benzene rings is 1. The van der Waals surface area contributed by atoms with Crippen LogP contribution in [-0.2, 0) is 0 Å². The van der Waals surface area contributed by atoms with Crippen LogP contribution in [0.25, 0.3) is 10.6 Å². The molecule has 0 atom stereocenters. The Morgan fingerprint density at radius 1 is 1.22 bits per heavy atom. The molecule has 0 bridgehead atoms. The molecule has 0 saturated carbocycles. The lowest BCUT2D eigenvalue weighted by molar-refractivity contribution is 1.32. The van der Waals surface area contributed by atoms with Crippen LogP contribution < -0.4 is 0 Å². The number of thiophene rings is 1. The highest BCUT2D eigenvalue weighted by molar-refractivity contribution is 7.11. The molecule has 1 aromatic carbocycles. The molecular weight excluding hydrogens is 262 g/mol. The van der Waals surface area contributed by atoms with E-state index in [4.69, 9.17) is 11.6 Å². The minimum Gasteiger partial charge on any atom is -0.192 e. The van der Waals surface area contributed by atoms with Crippen LogP contribution in [-0.4, -0.2) is 0 Å². The maximum Gasteiger partial charge on any atom is 0.102 e. The van der Waals surface area contributed by atoms with Gasteiger partial charge in [0.05, 0.1) is 10.6 Å². The van der Waals surface area contributed by atoms with Crippen LogP contribution in [0.15, 0.2) is 35.7 Å². The van der Waals surface area contributed by atoms with Crippen LogP contribution in [0.2, 0.25) is 0 Å². The number of halogens is 1. The molecular formula is C15H12ClNS. The predicted molar refractivity (Wildman–Crippen MR) is 78.5 cm³/mol. The minimum atomic E-state index is 0.529. The Bertz CT molecular complexity index is 633. The molecule has 0 fully saturated rings. The Labute approximate surface area is 116 Å². The van der Waals surface area contributed by atoms with Crippen LogP contribution >= 0.6 is 22.9 Å². The predicted octanol–water partition coefficient (Wildman–Crippen LogP) is 5.00. The molecule has 2 rings (SSSR count). The molecule has 0 aliphatic rings. The summed E-state index contributed by atoms with van der Waals surface area (Å²) in [5.74, 6) is 0. The largest absolute Gasteiger partial charge is 0.192 e. The van der Waals surface area contributed by atoms with Crippen LogP contribution in [0.4, 0.5) is 0 Å². The van der Waals surface area contributed by atoms with E-state index < -0.39 is 0 Å². The van der Waals surface area contributed by atoms with Crippen molar-refractivity contribution in [1.82, 2.24) is 0 Å². The lowest BCUT2D eigenvalue weighted by Gasteiger charge is -2.08. The van der Waals surface area contributed by atoms with Gasteiger partial charge in [-0.25, -0.2) is 0 Å². The van der Waals surface area contributed by atoms with Crippen molar-refractivity contribution >= 4 is 33.5 Å². The molecule has 0 radical (unpaired) electrons. The third kappa shape index (κ3) is 2.33. The first-order chi connectivity index (χ1) is 8.65. The Morgan fingerprint density at radius 2 is 2.00 bits per heavy atom. The molecule has 2 aromatic rings. The fraction of sp³-hybridized carbons (Fsp3) is 0.133. The molecule has 0 N–H and O–H groups in total. The molecule has 3 heteroatoms. The molecule has 0 aliphatic carbocycles. The van der Waals surface area contributed by atoms with Gasteiger partial charge in [-0.3, -0.25) is 0 Å².